The topological polar surface area (TPSA) is 79.4 Å². The maximum absolute atomic E-state index is 11.6. The van der Waals surface area contributed by atoms with Gasteiger partial charge in [-0.25, -0.2) is 4.79 Å². The Hall–Kier alpha value is -2.04. The first kappa shape index (κ1) is 14.0. The zero-order valence-electron chi connectivity index (χ0n) is 10.6. The smallest absolute Gasteiger partial charge is 0.338 e. The fourth-order valence-electron chi connectivity index (χ4n) is 1.39. The van der Waals surface area contributed by atoms with E-state index in [1.165, 1.54) is 0 Å². The number of carbonyl (C=O) groups excluding carboxylic acids is 1. The minimum Gasteiger partial charge on any atom is -0.462 e. The van der Waals surface area contributed by atoms with Gasteiger partial charge in [-0.15, -0.1) is 0 Å². The molecule has 5 heteroatoms. The normalized spacial score (nSPS) is 9.83. The van der Waals surface area contributed by atoms with Crippen LogP contribution in [0.1, 0.15) is 23.2 Å². The van der Waals surface area contributed by atoms with Gasteiger partial charge in [0.25, 0.3) is 0 Å². The third-order valence-electron chi connectivity index (χ3n) is 2.54. The predicted octanol–water partition coefficient (Wildman–Crippen LogP) is 1.45. The first-order chi connectivity index (χ1) is 8.61. The van der Waals surface area contributed by atoms with Crippen LogP contribution in [0.4, 0.5) is 0 Å². The molecule has 0 atom stereocenters. The van der Waals surface area contributed by atoms with Gasteiger partial charge in [-0.1, -0.05) is 18.2 Å². The molecule has 3 N–H and O–H groups in total. The van der Waals surface area contributed by atoms with Crippen LogP contribution < -0.4 is 5.73 Å². The van der Waals surface area contributed by atoms with Crippen molar-refractivity contribution in [2.24, 2.45) is 5.73 Å². The highest BCUT2D eigenvalue weighted by Gasteiger charge is 2.05. The predicted molar refractivity (Wildman–Crippen MR) is 70.5 cm³/mol. The third-order valence-corrected chi connectivity index (χ3v) is 2.54. The fourth-order valence-corrected chi connectivity index (χ4v) is 1.39. The van der Waals surface area contributed by atoms with Crippen molar-refractivity contribution < 1.29 is 9.53 Å². The van der Waals surface area contributed by atoms with Crippen molar-refractivity contribution in [3.8, 4) is 0 Å². The SMILES string of the molecule is CN(CCCCOC(=O)c1ccccc1)C(=N)N. The van der Waals surface area contributed by atoms with E-state index in [9.17, 15) is 4.79 Å². The Morgan fingerprint density at radius 1 is 1.33 bits per heavy atom. The van der Waals surface area contributed by atoms with E-state index in [0.29, 0.717) is 18.7 Å². The largest absolute Gasteiger partial charge is 0.462 e. The second-order valence-corrected chi connectivity index (χ2v) is 4.02. The molecule has 0 aliphatic heterocycles. The van der Waals surface area contributed by atoms with Crippen molar-refractivity contribution in [2.75, 3.05) is 20.2 Å². The summed E-state index contributed by atoms with van der Waals surface area (Å²) in [7, 11) is 1.76. The summed E-state index contributed by atoms with van der Waals surface area (Å²) in [5.74, 6) is -0.244. The Morgan fingerprint density at radius 3 is 2.61 bits per heavy atom. The standard InChI is InChI=1S/C13H19N3O2/c1-16(13(14)15)9-5-6-10-18-12(17)11-7-3-2-4-8-11/h2-4,7-8H,5-6,9-10H2,1H3,(H3,14,15). The van der Waals surface area contributed by atoms with Gasteiger partial charge < -0.3 is 15.4 Å². The number of nitrogens with zero attached hydrogens (tertiary/aromatic N) is 1. The van der Waals surface area contributed by atoms with Crippen molar-refractivity contribution in [3.05, 3.63) is 35.9 Å². The van der Waals surface area contributed by atoms with Crippen LogP contribution in [0, 0.1) is 5.41 Å². The summed E-state index contributed by atoms with van der Waals surface area (Å²) in [6.07, 6.45) is 1.59. The van der Waals surface area contributed by atoms with E-state index in [1.54, 1.807) is 36.2 Å². The average molecular weight is 249 g/mol. The maximum Gasteiger partial charge on any atom is 0.338 e. The minimum atomic E-state index is -0.296. The number of hydrogen-bond acceptors (Lipinski definition) is 3. The second-order valence-electron chi connectivity index (χ2n) is 4.02. The number of guanidine groups is 1. The molecule has 0 bridgehead atoms. The van der Waals surface area contributed by atoms with Gasteiger partial charge >= 0.3 is 5.97 Å². The van der Waals surface area contributed by atoms with Crippen LogP contribution in [-0.4, -0.2) is 37.0 Å². The molecule has 1 aromatic rings. The van der Waals surface area contributed by atoms with Crippen LogP contribution in [0.2, 0.25) is 0 Å². The maximum atomic E-state index is 11.6. The van der Waals surface area contributed by atoms with Crippen LogP contribution in [0.25, 0.3) is 0 Å². The molecule has 0 unspecified atom stereocenters. The van der Waals surface area contributed by atoms with Gasteiger partial charge in [0, 0.05) is 13.6 Å². The molecule has 18 heavy (non-hydrogen) atoms. The molecule has 0 saturated heterocycles. The van der Waals surface area contributed by atoms with E-state index in [-0.39, 0.29) is 11.9 Å². The van der Waals surface area contributed by atoms with Crippen LogP contribution in [-0.2, 0) is 4.74 Å². The molecule has 0 aromatic heterocycles. The van der Waals surface area contributed by atoms with Gasteiger partial charge in [0.15, 0.2) is 5.96 Å². The van der Waals surface area contributed by atoms with Crippen molar-refractivity contribution in [1.82, 2.24) is 4.90 Å². The molecular weight excluding hydrogens is 230 g/mol. The molecule has 5 nitrogen and oxygen atoms in total. The van der Waals surface area contributed by atoms with Gasteiger partial charge in [-0.05, 0) is 25.0 Å². The summed E-state index contributed by atoms with van der Waals surface area (Å²) < 4.78 is 5.13. The van der Waals surface area contributed by atoms with Gasteiger partial charge in [-0.3, -0.25) is 5.41 Å². The Balaban J connectivity index is 2.15. The Labute approximate surface area is 107 Å². The Kier molecular flexibility index (Phi) is 5.70. The minimum absolute atomic E-state index is 0.0521. The second kappa shape index (κ2) is 7.32. The number of benzene rings is 1. The first-order valence-corrected chi connectivity index (χ1v) is 5.88. The van der Waals surface area contributed by atoms with E-state index >= 15 is 0 Å². The number of unbranched alkanes of at least 4 members (excludes halogenated alkanes) is 1. The molecule has 1 aromatic carbocycles. The molecule has 0 radical (unpaired) electrons. The van der Waals surface area contributed by atoms with Gasteiger partial charge in [-0.2, -0.15) is 0 Å². The lowest BCUT2D eigenvalue weighted by molar-refractivity contribution is 0.0497. The fraction of sp³-hybridized carbons (Fsp3) is 0.385. The van der Waals surface area contributed by atoms with E-state index in [2.05, 4.69) is 0 Å². The lowest BCUT2D eigenvalue weighted by atomic mass is 10.2. The Bertz CT molecular complexity index is 392. The Morgan fingerprint density at radius 2 is 2.00 bits per heavy atom. The molecule has 0 spiro atoms. The number of ether oxygens (including phenoxy) is 1. The van der Waals surface area contributed by atoms with E-state index in [1.807, 2.05) is 6.07 Å². The lowest BCUT2D eigenvalue weighted by Crippen LogP contribution is -2.33. The number of nitrogens with two attached hydrogens (primary N) is 1. The highest BCUT2D eigenvalue weighted by molar-refractivity contribution is 5.89. The van der Waals surface area contributed by atoms with Crippen LogP contribution in [0.3, 0.4) is 0 Å². The van der Waals surface area contributed by atoms with Crippen molar-refractivity contribution in [2.45, 2.75) is 12.8 Å². The first-order valence-electron chi connectivity index (χ1n) is 5.88. The average Bonchev–Trinajstić information content (AvgIpc) is 2.38. The van der Waals surface area contributed by atoms with Crippen LogP contribution >= 0.6 is 0 Å². The van der Waals surface area contributed by atoms with E-state index < -0.39 is 0 Å². The zero-order chi connectivity index (χ0) is 13.4. The molecule has 0 heterocycles. The summed E-state index contributed by atoms with van der Waals surface area (Å²) in [6, 6.07) is 8.92. The van der Waals surface area contributed by atoms with Crippen molar-refractivity contribution in [3.63, 3.8) is 0 Å². The van der Waals surface area contributed by atoms with Crippen molar-refractivity contribution in [1.29, 1.82) is 5.41 Å². The van der Waals surface area contributed by atoms with Crippen LogP contribution in [0.15, 0.2) is 30.3 Å². The van der Waals surface area contributed by atoms with Crippen molar-refractivity contribution >= 4 is 11.9 Å². The summed E-state index contributed by atoms with van der Waals surface area (Å²) in [5, 5.41) is 7.18. The monoisotopic (exact) mass is 249 g/mol. The van der Waals surface area contributed by atoms with E-state index in [0.717, 1.165) is 12.8 Å². The van der Waals surface area contributed by atoms with Gasteiger partial charge in [0.2, 0.25) is 0 Å². The summed E-state index contributed by atoms with van der Waals surface area (Å²) in [5.41, 5.74) is 5.87. The number of carbonyl (C=O) groups is 1. The number of rotatable bonds is 6. The highest BCUT2D eigenvalue weighted by atomic mass is 16.5. The molecule has 0 amide bonds. The molecular formula is C13H19N3O2. The molecule has 1 rings (SSSR count). The number of nitrogens with one attached hydrogen (secondary N) is 1. The third kappa shape index (κ3) is 4.86. The number of esters is 1. The zero-order valence-corrected chi connectivity index (χ0v) is 10.6. The quantitative estimate of drug-likeness (QED) is 0.346. The van der Waals surface area contributed by atoms with Gasteiger partial charge in [0.05, 0.1) is 12.2 Å². The summed E-state index contributed by atoms with van der Waals surface area (Å²) in [4.78, 5) is 13.2. The van der Waals surface area contributed by atoms with Gasteiger partial charge in [0.1, 0.15) is 0 Å². The molecule has 0 saturated carbocycles. The number of hydrogen-bond donors (Lipinski definition) is 2. The summed E-state index contributed by atoms with van der Waals surface area (Å²) >= 11 is 0. The molecule has 0 fully saturated rings. The lowest BCUT2D eigenvalue weighted by Gasteiger charge is -2.15. The molecule has 98 valence electrons. The molecule has 0 aliphatic carbocycles. The van der Waals surface area contributed by atoms with Crippen LogP contribution in [0.5, 0.6) is 0 Å². The summed E-state index contributed by atoms with van der Waals surface area (Å²) in [6.45, 7) is 1.08. The van der Waals surface area contributed by atoms with E-state index in [4.69, 9.17) is 15.9 Å². The highest BCUT2D eigenvalue weighted by Crippen LogP contribution is 2.02. The molecule has 0 aliphatic rings.